The third kappa shape index (κ3) is 6.27. The lowest BCUT2D eigenvalue weighted by Gasteiger charge is -2.30. The number of thiazole rings is 1. The lowest BCUT2D eigenvalue weighted by molar-refractivity contribution is -0.138. The van der Waals surface area contributed by atoms with Gasteiger partial charge in [-0.3, -0.25) is 9.51 Å². The molecule has 3 heterocycles. The largest absolute Gasteiger partial charge is 0.439 e. The van der Waals surface area contributed by atoms with E-state index in [0.29, 0.717) is 34.0 Å². The van der Waals surface area contributed by atoms with Gasteiger partial charge in [0.2, 0.25) is 0 Å². The van der Waals surface area contributed by atoms with Crippen LogP contribution in [0, 0.1) is 0 Å². The van der Waals surface area contributed by atoms with Crippen LogP contribution in [-0.2, 0) is 18.9 Å². The van der Waals surface area contributed by atoms with Gasteiger partial charge in [0.15, 0.2) is 11.0 Å². The first-order valence-corrected chi connectivity index (χ1v) is 13.0. The van der Waals surface area contributed by atoms with Crippen molar-refractivity contribution in [2.75, 3.05) is 31.1 Å². The highest BCUT2D eigenvalue weighted by Crippen LogP contribution is 2.38. The number of H-pyrrole nitrogens is 1. The van der Waals surface area contributed by atoms with E-state index in [1.807, 2.05) is 0 Å². The second-order valence-electron chi connectivity index (χ2n) is 9.32. The van der Waals surface area contributed by atoms with E-state index in [-0.39, 0.29) is 17.9 Å². The minimum absolute atomic E-state index is 0.0402. The first-order valence-electron chi connectivity index (χ1n) is 12.2. The number of likely N-dealkylation sites (tertiary alicyclic amines) is 1. The molecule has 4 aromatic rings. The van der Waals surface area contributed by atoms with Crippen molar-refractivity contribution in [1.29, 1.82) is 0 Å². The van der Waals surface area contributed by atoms with Crippen molar-refractivity contribution >= 4 is 26.7 Å². The maximum absolute atomic E-state index is 14.0. The van der Waals surface area contributed by atoms with E-state index in [0.717, 1.165) is 61.9 Å². The molecule has 0 bridgehead atoms. The minimum atomic E-state index is -4.75. The van der Waals surface area contributed by atoms with Gasteiger partial charge < -0.3 is 9.80 Å². The van der Waals surface area contributed by atoms with Crippen molar-refractivity contribution in [1.82, 2.24) is 20.0 Å². The Balaban J connectivity index is 1.48. The molecule has 0 spiro atoms. The predicted molar refractivity (Wildman–Crippen MR) is 134 cm³/mol. The first kappa shape index (κ1) is 27.2. The van der Waals surface area contributed by atoms with Gasteiger partial charge in [0.1, 0.15) is 0 Å². The molecule has 7 nitrogen and oxygen atoms in total. The maximum Gasteiger partial charge on any atom is 0.439 e. The molecule has 0 radical (unpaired) electrons. The Morgan fingerprint density at radius 1 is 1.00 bits per heavy atom. The van der Waals surface area contributed by atoms with Crippen LogP contribution in [0.4, 0.5) is 31.5 Å². The summed E-state index contributed by atoms with van der Waals surface area (Å²) in [7, 11) is 0. The zero-order valence-electron chi connectivity index (χ0n) is 20.4. The van der Waals surface area contributed by atoms with Crippen LogP contribution >= 0.6 is 11.3 Å². The van der Waals surface area contributed by atoms with E-state index < -0.39 is 29.2 Å². The molecule has 39 heavy (non-hydrogen) atoms. The number of hydrogen-bond acceptors (Lipinski definition) is 7. The second-order valence-corrected chi connectivity index (χ2v) is 10.3. The summed E-state index contributed by atoms with van der Waals surface area (Å²) in [5.41, 5.74) is -1.43. The van der Waals surface area contributed by atoms with Gasteiger partial charge in [-0.2, -0.15) is 26.3 Å². The summed E-state index contributed by atoms with van der Waals surface area (Å²) in [6, 6.07) is 6.98. The molecule has 0 amide bonds. The molecule has 0 saturated carbocycles. The van der Waals surface area contributed by atoms with Crippen LogP contribution in [0.5, 0.6) is 0 Å². The molecule has 2 aromatic heterocycles. The molecule has 1 saturated heterocycles. The molecule has 1 N–H and O–H groups in total. The van der Waals surface area contributed by atoms with E-state index >= 15 is 0 Å². The summed E-state index contributed by atoms with van der Waals surface area (Å²) in [5.74, 6) is -1.32. The van der Waals surface area contributed by atoms with Gasteiger partial charge in [-0.15, -0.1) is 0 Å². The fraction of sp³-hybridized carbons (Fsp3) is 0.400. The van der Waals surface area contributed by atoms with Gasteiger partial charge in [-0.1, -0.05) is 35.0 Å². The van der Waals surface area contributed by atoms with E-state index in [1.165, 1.54) is 18.2 Å². The minimum Gasteiger partial charge on any atom is -0.342 e. The van der Waals surface area contributed by atoms with Gasteiger partial charge in [0, 0.05) is 25.2 Å². The fourth-order valence-corrected chi connectivity index (χ4v) is 5.64. The number of anilines is 1. The van der Waals surface area contributed by atoms with E-state index in [2.05, 4.69) is 24.5 Å². The number of benzene rings is 2. The molecule has 0 unspecified atom stereocenters. The SMILES string of the molecule is O=c1[nH]c(-c2ccc(CN(CCN3CCCCC3)c3nc4ccc(C(F)(F)F)cc4s3)cc2C(F)(F)F)no1. The van der Waals surface area contributed by atoms with Crippen LogP contribution in [0.3, 0.4) is 0 Å². The molecule has 14 heteroatoms. The Morgan fingerprint density at radius 2 is 1.77 bits per heavy atom. The number of nitrogens with zero attached hydrogens (tertiary/aromatic N) is 4. The third-order valence-corrected chi connectivity index (χ3v) is 7.65. The zero-order chi connectivity index (χ0) is 27.8. The summed E-state index contributed by atoms with van der Waals surface area (Å²) in [5, 5.41) is 3.80. The molecule has 1 aliphatic heterocycles. The quantitative estimate of drug-likeness (QED) is 0.268. The van der Waals surface area contributed by atoms with Crippen molar-refractivity contribution in [2.45, 2.75) is 38.2 Å². The Bertz CT molecular complexity index is 1500. The Labute approximate surface area is 222 Å². The summed E-state index contributed by atoms with van der Waals surface area (Å²) in [6.07, 6.45) is -5.99. The van der Waals surface area contributed by atoms with E-state index in [9.17, 15) is 31.1 Å². The maximum atomic E-state index is 14.0. The summed E-state index contributed by atoms with van der Waals surface area (Å²) in [6.45, 7) is 2.91. The highest BCUT2D eigenvalue weighted by Gasteiger charge is 2.35. The molecule has 2 aromatic carbocycles. The average Bonchev–Trinajstić information content (AvgIpc) is 3.51. The third-order valence-electron chi connectivity index (χ3n) is 6.57. The van der Waals surface area contributed by atoms with Crippen molar-refractivity contribution in [3.05, 3.63) is 63.6 Å². The summed E-state index contributed by atoms with van der Waals surface area (Å²) < 4.78 is 86.3. The number of piperidine rings is 1. The molecular formula is C25H23F6N5O2S. The van der Waals surface area contributed by atoms with Crippen LogP contribution in [0.1, 0.15) is 36.0 Å². The average molecular weight is 572 g/mol. The van der Waals surface area contributed by atoms with Gasteiger partial charge in [-0.05, 0) is 55.8 Å². The highest BCUT2D eigenvalue weighted by atomic mass is 32.1. The number of aromatic amines is 1. The highest BCUT2D eigenvalue weighted by molar-refractivity contribution is 7.22. The molecule has 0 aliphatic carbocycles. The Kier molecular flexibility index (Phi) is 7.42. The number of alkyl halides is 6. The van der Waals surface area contributed by atoms with Crippen LogP contribution in [0.15, 0.2) is 45.7 Å². The number of nitrogens with one attached hydrogen (secondary N) is 1. The van der Waals surface area contributed by atoms with Gasteiger partial charge in [0.25, 0.3) is 0 Å². The lowest BCUT2D eigenvalue weighted by Crippen LogP contribution is -2.37. The molecular weight excluding hydrogens is 548 g/mol. The zero-order valence-corrected chi connectivity index (χ0v) is 21.2. The van der Waals surface area contributed by atoms with Gasteiger partial charge in [0.05, 0.1) is 21.3 Å². The number of hydrogen-bond donors (Lipinski definition) is 1. The van der Waals surface area contributed by atoms with E-state index in [4.69, 9.17) is 0 Å². The molecule has 1 fully saturated rings. The lowest BCUT2D eigenvalue weighted by atomic mass is 10.0. The molecule has 1 aliphatic rings. The number of rotatable bonds is 7. The Hall–Kier alpha value is -3.39. The molecule has 0 atom stereocenters. The molecule has 208 valence electrons. The van der Waals surface area contributed by atoms with E-state index in [1.54, 1.807) is 4.90 Å². The summed E-state index contributed by atoms with van der Waals surface area (Å²) in [4.78, 5) is 22.0. The van der Waals surface area contributed by atoms with Gasteiger partial charge in [-0.25, -0.2) is 9.78 Å². The number of halogens is 6. The number of aromatic nitrogens is 3. The smallest absolute Gasteiger partial charge is 0.342 e. The topological polar surface area (TPSA) is 78.3 Å². The first-order chi connectivity index (χ1) is 18.5. The molecule has 5 rings (SSSR count). The Morgan fingerprint density at radius 3 is 2.44 bits per heavy atom. The van der Waals surface area contributed by atoms with Crippen LogP contribution in [0.25, 0.3) is 21.6 Å². The fourth-order valence-electron chi connectivity index (χ4n) is 4.61. The number of fused-ring (bicyclic) bond motifs is 1. The second kappa shape index (κ2) is 10.6. The predicted octanol–water partition coefficient (Wildman–Crippen LogP) is 6.17. The monoisotopic (exact) mass is 571 g/mol. The van der Waals surface area contributed by atoms with Crippen LogP contribution < -0.4 is 10.7 Å². The van der Waals surface area contributed by atoms with Crippen LogP contribution in [0.2, 0.25) is 0 Å². The van der Waals surface area contributed by atoms with Gasteiger partial charge >= 0.3 is 18.1 Å². The normalized spacial score (nSPS) is 15.2. The summed E-state index contributed by atoms with van der Waals surface area (Å²) >= 11 is 1.07. The van der Waals surface area contributed by atoms with Crippen molar-refractivity contribution in [2.24, 2.45) is 0 Å². The van der Waals surface area contributed by atoms with Crippen molar-refractivity contribution in [3.63, 3.8) is 0 Å². The standard InChI is InChI=1S/C25H23F6N5O2S/c26-24(27,28)16-5-7-19-20(13-16)39-22(32-19)36(11-10-35-8-2-1-3-9-35)14-15-4-6-17(18(12-15)25(29,30)31)21-33-23(37)38-34-21/h4-7,12-13H,1-3,8-11,14H2,(H,33,34,37). The van der Waals surface area contributed by atoms with Crippen molar-refractivity contribution in [3.8, 4) is 11.4 Å². The van der Waals surface area contributed by atoms with Crippen LogP contribution in [-0.4, -0.2) is 46.2 Å². The van der Waals surface area contributed by atoms with Crippen molar-refractivity contribution < 1.29 is 30.9 Å².